The topological polar surface area (TPSA) is 95.2 Å². The van der Waals surface area contributed by atoms with Crippen molar-refractivity contribution >= 4 is 5.97 Å². The summed E-state index contributed by atoms with van der Waals surface area (Å²) >= 11 is 0. The normalized spacial score (nSPS) is 10.4. The van der Waals surface area contributed by atoms with Gasteiger partial charge >= 0.3 is 5.97 Å². The summed E-state index contributed by atoms with van der Waals surface area (Å²) in [6.07, 6.45) is -0.342. The second-order valence-electron chi connectivity index (χ2n) is 4.21. The molecule has 6 nitrogen and oxygen atoms in total. The SMILES string of the molecule is COc1ccc(C)cc1-c1[nH][nH]c(=O)c1CC(=O)O. The van der Waals surface area contributed by atoms with E-state index in [1.54, 1.807) is 6.07 Å². The molecule has 0 radical (unpaired) electrons. The van der Waals surface area contributed by atoms with Crippen molar-refractivity contribution in [1.29, 1.82) is 0 Å². The zero-order valence-electron chi connectivity index (χ0n) is 10.6. The molecule has 0 aliphatic heterocycles. The van der Waals surface area contributed by atoms with Crippen LogP contribution in [-0.4, -0.2) is 28.4 Å². The van der Waals surface area contributed by atoms with Crippen LogP contribution in [-0.2, 0) is 11.2 Å². The van der Waals surface area contributed by atoms with Crippen LogP contribution in [0.3, 0.4) is 0 Å². The Bertz CT molecular complexity index is 670. The second-order valence-corrected chi connectivity index (χ2v) is 4.21. The van der Waals surface area contributed by atoms with E-state index in [1.165, 1.54) is 7.11 Å². The average molecular weight is 262 g/mol. The standard InChI is InChI=1S/C13H14N2O4/c1-7-3-4-10(19-2)8(5-7)12-9(6-11(16)17)13(18)15-14-12/h3-5H,6H2,1-2H3,(H,16,17)(H2,14,15,18). The third-order valence-corrected chi connectivity index (χ3v) is 2.83. The molecular weight excluding hydrogens is 248 g/mol. The first-order valence-corrected chi connectivity index (χ1v) is 5.69. The molecule has 0 atom stereocenters. The van der Waals surface area contributed by atoms with E-state index in [9.17, 15) is 9.59 Å². The Morgan fingerprint density at radius 2 is 2.11 bits per heavy atom. The summed E-state index contributed by atoms with van der Waals surface area (Å²) in [5.41, 5.74) is 1.86. The molecule has 2 rings (SSSR count). The van der Waals surface area contributed by atoms with Crippen molar-refractivity contribution in [2.24, 2.45) is 0 Å². The molecule has 0 unspecified atom stereocenters. The molecule has 0 saturated heterocycles. The van der Waals surface area contributed by atoms with Gasteiger partial charge in [-0.05, 0) is 19.1 Å². The summed E-state index contributed by atoms with van der Waals surface area (Å²) in [6.45, 7) is 1.91. The molecule has 0 saturated carbocycles. The number of carbonyl (C=O) groups is 1. The number of hydrogen-bond acceptors (Lipinski definition) is 3. The zero-order valence-corrected chi connectivity index (χ0v) is 10.6. The minimum atomic E-state index is -1.06. The highest BCUT2D eigenvalue weighted by atomic mass is 16.5. The summed E-state index contributed by atoms with van der Waals surface area (Å²) in [4.78, 5) is 22.5. The van der Waals surface area contributed by atoms with Crippen molar-refractivity contribution in [3.8, 4) is 17.0 Å². The lowest BCUT2D eigenvalue weighted by Crippen LogP contribution is -2.11. The number of aryl methyl sites for hydroxylation is 1. The van der Waals surface area contributed by atoms with E-state index in [2.05, 4.69) is 10.2 Å². The Morgan fingerprint density at radius 3 is 2.74 bits per heavy atom. The van der Waals surface area contributed by atoms with Gasteiger partial charge in [-0.3, -0.25) is 19.8 Å². The van der Waals surface area contributed by atoms with E-state index in [0.29, 0.717) is 17.0 Å². The van der Waals surface area contributed by atoms with Gasteiger partial charge in [-0.1, -0.05) is 11.6 Å². The Balaban J connectivity index is 2.62. The number of aliphatic carboxylic acids is 1. The molecule has 0 aliphatic carbocycles. The molecular formula is C13H14N2O4. The summed E-state index contributed by atoms with van der Waals surface area (Å²) in [5.74, 6) is -0.481. The fourth-order valence-corrected chi connectivity index (χ4v) is 1.95. The molecule has 0 aliphatic rings. The maximum absolute atomic E-state index is 11.6. The molecule has 6 heteroatoms. The van der Waals surface area contributed by atoms with Gasteiger partial charge in [-0.2, -0.15) is 0 Å². The molecule has 0 fully saturated rings. The molecule has 1 aromatic heterocycles. The Kier molecular flexibility index (Phi) is 3.41. The Hall–Kier alpha value is -2.50. The minimum absolute atomic E-state index is 0.191. The molecule has 3 N–H and O–H groups in total. The van der Waals surface area contributed by atoms with Crippen LogP contribution in [0.1, 0.15) is 11.1 Å². The van der Waals surface area contributed by atoms with Crippen LogP contribution in [0, 0.1) is 6.92 Å². The van der Waals surface area contributed by atoms with Crippen LogP contribution >= 0.6 is 0 Å². The number of carboxylic acids is 1. The first kappa shape index (κ1) is 12.9. The van der Waals surface area contributed by atoms with Gasteiger partial charge in [0.25, 0.3) is 5.56 Å². The lowest BCUT2D eigenvalue weighted by Gasteiger charge is -2.09. The molecule has 19 heavy (non-hydrogen) atoms. The number of aromatic amines is 2. The third-order valence-electron chi connectivity index (χ3n) is 2.83. The number of hydrogen-bond donors (Lipinski definition) is 3. The predicted molar refractivity (Wildman–Crippen MR) is 69.5 cm³/mol. The monoisotopic (exact) mass is 262 g/mol. The Morgan fingerprint density at radius 1 is 1.37 bits per heavy atom. The van der Waals surface area contributed by atoms with Crippen LogP contribution in [0.15, 0.2) is 23.0 Å². The number of benzene rings is 1. The van der Waals surface area contributed by atoms with Gasteiger partial charge in [0.05, 0.1) is 24.8 Å². The van der Waals surface area contributed by atoms with Gasteiger partial charge in [0.1, 0.15) is 5.75 Å². The van der Waals surface area contributed by atoms with Crippen LogP contribution in [0.4, 0.5) is 0 Å². The van der Waals surface area contributed by atoms with E-state index in [-0.39, 0.29) is 12.0 Å². The second kappa shape index (κ2) is 5.01. The van der Waals surface area contributed by atoms with Crippen LogP contribution in [0.25, 0.3) is 11.3 Å². The summed E-state index contributed by atoms with van der Waals surface area (Å²) in [6, 6.07) is 5.49. The summed E-state index contributed by atoms with van der Waals surface area (Å²) in [7, 11) is 1.52. The predicted octanol–water partition coefficient (Wildman–Crippen LogP) is 1.31. The molecule has 1 aromatic carbocycles. The highest BCUT2D eigenvalue weighted by molar-refractivity contribution is 5.77. The maximum Gasteiger partial charge on any atom is 0.308 e. The van der Waals surface area contributed by atoms with E-state index < -0.39 is 11.5 Å². The van der Waals surface area contributed by atoms with Crippen LogP contribution in [0.2, 0.25) is 0 Å². The van der Waals surface area contributed by atoms with E-state index >= 15 is 0 Å². The van der Waals surface area contributed by atoms with E-state index in [0.717, 1.165) is 5.56 Å². The molecule has 0 spiro atoms. The number of aromatic nitrogens is 2. The molecule has 0 bridgehead atoms. The largest absolute Gasteiger partial charge is 0.496 e. The fourth-order valence-electron chi connectivity index (χ4n) is 1.95. The van der Waals surface area contributed by atoms with Gasteiger partial charge in [-0.15, -0.1) is 0 Å². The van der Waals surface area contributed by atoms with Gasteiger partial charge in [0.2, 0.25) is 0 Å². The summed E-state index contributed by atoms with van der Waals surface area (Å²) < 4.78 is 5.24. The van der Waals surface area contributed by atoms with E-state index in [1.807, 2.05) is 19.1 Å². The van der Waals surface area contributed by atoms with Crippen molar-refractivity contribution in [2.75, 3.05) is 7.11 Å². The van der Waals surface area contributed by atoms with Gasteiger partial charge in [-0.25, -0.2) is 0 Å². The zero-order chi connectivity index (χ0) is 14.0. The van der Waals surface area contributed by atoms with Gasteiger partial charge in [0.15, 0.2) is 0 Å². The molecule has 1 heterocycles. The minimum Gasteiger partial charge on any atom is -0.496 e. The van der Waals surface area contributed by atoms with Crippen molar-refractivity contribution in [1.82, 2.24) is 10.2 Å². The number of nitrogens with one attached hydrogen (secondary N) is 2. The molecule has 100 valence electrons. The lowest BCUT2D eigenvalue weighted by atomic mass is 10.0. The van der Waals surface area contributed by atoms with Gasteiger partial charge in [0, 0.05) is 5.56 Å². The Labute approximate surface area is 109 Å². The quantitative estimate of drug-likeness (QED) is 0.774. The van der Waals surface area contributed by atoms with Gasteiger partial charge < -0.3 is 9.84 Å². The van der Waals surface area contributed by atoms with Crippen molar-refractivity contribution < 1.29 is 14.6 Å². The highest BCUT2D eigenvalue weighted by Crippen LogP contribution is 2.30. The highest BCUT2D eigenvalue weighted by Gasteiger charge is 2.17. The van der Waals surface area contributed by atoms with Crippen LogP contribution in [0.5, 0.6) is 5.75 Å². The van der Waals surface area contributed by atoms with Crippen LogP contribution < -0.4 is 10.3 Å². The average Bonchev–Trinajstić information content (AvgIpc) is 2.70. The van der Waals surface area contributed by atoms with Crippen molar-refractivity contribution in [2.45, 2.75) is 13.3 Å². The lowest BCUT2D eigenvalue weighted by molar-refractivity contribution is -0.136. The fraction of sp³-hybridized carbons (Fsp3) is 0.231. The maximum atomic E-state index is 11.6. The molecule has 0 amide bonds. The smallest absolute Gasteiger partial charge is 0.308 e. The number of H-pyrrole nitrogens is 2. The number of ether oxygens (including phenoxy) is 1. The molecule has 2 aromatic rings. The van der Waals surface area contributed by atoms with Crippen molar-refractivity contribution in [3.63, 3.8) is 0 Å². The summed E-state index contributed by atoms with van der Waals surface area (Å²) in [5, 5.41) is 14.0. The first-order chi connectivity index (χ1) is 9.02. The number of rotatable bonds is 4. The number of methoxy groups -OCH3 is 1. The first-order valence-electron chi connectivity index (χ1n) is 5.69. The van der Waals surface area contributed by atoms with Crippen molar-refractivity contribution in [3.05, 3.63) is 39.7 Å². The third kappa shape index (κ3) is 2.52. The number of carboxylic acid groups (broad SMARTS) is 1. The van der Waals surface area contributed by atoms with E-state index in [4.69, 9.17) is 9.84 Å².